The summed E-state index contributed by atoms with van der Waals surface area (Å²) in [6, 6.07) is 25.5. The zero-order valence-corrected chi connectivity index (χ0v) is 37.1. The Morgan fingerprint density at radius 2 is 1.78 bits per heavy atom. The fourth-order valence-corrected chi connectivity index (χ4v) is 10.4. The van der Waals surface area contributed by atoms with Crippen molar-refractivity contribution in [2.24, 2.45) is 22.9 Å². The Bertz CT molecular complexity index is 2410. The number of ether oxygens (including phenoxy) is 3. The van der Waals surface area contributed by atoms with Crippen LogP contribution in [0.5, 0.6) is 11.5 Å². The summed E-state index contributed by atoms with van der Waals surface area (Å²) in [6.45, 7) is 8.14. The van der Waals surface area contributed by atoms with Gasteiger partial charge in [0.05, 0.1) is 23.2 Å². The lowest BCUT2D eigenvalue weighted by Crippen LogP contribution is -2.70. The molecule has 6 unspecified atom stereocenters. The molecular weight excluding hydrogens is 825 g/mol. The summed E-state index contributed by atoms with van der Waals surface area (Å²) >= 11 is 0. The number of rotatable bonds is 22. The van der Waals surface area contributed by atoms with Gasteiger partial charge in [-0.1, -0.05) is 72.6 Å². The van der Waals surface area contributed by atoms with E-state index in [2.05, 4.69) is 41.8 Å². The summed E-state index contributed by atoms with van der Waals surface area (Å²) in [4.78, 5) is 36.1. The van der Waals surface area contributed by atoms with Gasteiger partial charge in [0, 0.05) is 75.5 Å². The molecule has 1 saturated carbocycles. The number of aliphatic hydroxyl groups is 2. The number of unbranched alkanes of at least 4 members (excludes halogenated alkanes) is 2. The average molecular weight is 885 g/mol. The molecule has 65 heavy (non-hydrogen) atoms. The number of carbonyl (C=O) groups excluding carboxylic acids is 1. The second-order valence-electron chi connectivity index (χ2n) is 17.4. The van der Waals surface area contributed by atoms with Gasteiger partial charge in [0.2, 0.25) is 11.7 Å². The molecule has 2 N–H and O–H groups in total. The molecule has 342 valence electrons. The van der Waals surface area contributed by atoms with E-state index in [9.17, 15) is 20.3 Å². The molecule has 0 bridgehead atoms. The van der Waals surface area contributed by atoms with Crippen molar-refractivity contribution in [2.45, 2.75) is 69.2 Å². The summed E-state index contributed by atoms with van der Waals surface area (Å²) in [5.74, 6) is -0.919. The number of oxime groups is 1. The van der Waals surface area contributed by atoms with Gasteiger partial charge < -0.3 is 34.2 Å². The Hall–Kier alpha value is -5.86. The molecule has 2 fully saturated rings. The lowest BCUT2D eigenvalue weighted by molar-refractivity contribution is -0.384. The van der Waals surface area contributed by atoms with Crippen LogP contribution in [0.15, 0.2) is 120 Å². The minimum atomic E-state index is -1.46. The van der Waals surface area contributed by atoms with Crippen LogP contribution in [0.2, 0.25) is 0 Å². The van der Waals surface area contributed by atoms with Gasteiger partial charge in [-0.25, -0.2) is 0 Å². The molecule has 0 aromatic heterocycles. The van der Waals surface area contributed by atoms with Crippen LogP contribution in [0.25, 0.3) is 16.8 Å². The first-order chi connectivity index (χ1) is 31.8. The summed E-state index contributed by atoms with van der Waals surface area (Å²) in [7, 11) is 1.54. The maximum atomic E-state index is 15.3. The number of amides is 1. The number of carbonyl (C=O) groups is 1. The lowest BCUT2D eigenvalue weighted by Gasteiger charge is -2.60. The van der Waals surface area contributed by atoms with E-state index in [1.807, 2.05) is 41.3 Å². The SMILES string of the molecule is C=CCOC12Oc3ccc(OCCN4CC4)cc3C3C(CCCCO)C(CCCCO)C=C(C(=NOC)CC1N(Cc1cccc4ccccc14)C(=O)C=Cc1ccc([N+](=O)[O-])cc1)C32. The summed E-state index contributed by atoms with van der Waals surface area (Å²) in [6.07, 6.45) is 12.1. The molecule has 2 aliphatic carbocycles. The second kappa shape index (κ2) is 21.0. The molecule has 13 heteroatoms. The number of benzene rings is 4. The molecule has 2 heterocycles. The lowest BCUT2D eigenvalue weighted by atomic mass is 9.55. The molecule has 4 aromatic rings. The van der Waals surface area contributed by atoms with Crippen LogP contribution in [0.3, 0.4) is 0 Å². The van der Waals surface area contributed by atoms with Gasteiger partial charge in [-0.15, -0.1) is 6.58 Å². The molecule has 2 aliphatic heterocycles. The maximum Gasteiger partial charge on any atom is 0.269 e. The number of nitro groups is 1. The topological polar surface area (TPSA) is 156 Å². The van der Waals surface area contributed by atoms with Crippen LogP contribution in [0.1, 0.15) is 67.6 Å². The van der Waals surface area contributed by atoms with E-state index in [-0.39, 0.29) is 62.1 Å². The van der Waals surface area contributed by atoms with Crippen molar-refractivity contribution in [1.29, 1.82) is 0 Å². The summed E-state index contributed by atoms with van der Waals surface area (Å²) in [5.41, 5.74) is 4.15. The third-order valence-electron chi connectivity index (χ3n) is 13.5. The fourth-order valence-electron chi connectivity index (χ4n) is 10.4. The van der Waals surface area contributed by atoms with E-state index in [1.54, 1.807) is 24.3 Å². The van der Waals surface area contributed by atoms with Crippen LogP contribution in [0.4, 0.5) is 5.69 Å². The van der Waals surface area contributed by atoms with Crippen molar-refractivity contribution in [1.82, 2.24) is 9.80 Å². The standard InChI is InChI=1S/C52H60N4O9/c1-3-30-64-52-48(55(35-39-14-10-13-37-11-4-5-15-42(37)39)49(59)24-19-36-17-20-40(21-18-36)56(60)61)34-46(53-62-2)44-32-38(12-6-8-28-57)43(16-7-9-29-58)50(51(44)52)45-33-41(22-23-47(45)65-52)63-31-27-54-25-26-54/h3-5,10-11,13-15,17-24,32-33,38,43,48,50-51,57-58H,1,6-9,12,16,25-31,34-35H2,2H3. The van der Waals surface area contributed by atoms with E-state index in [0.29, 0.717) is 36.5 Å². The second-order valence-corrected chi connectivity index (χ2v) is 17.4. The van der Waals surface area contributed by atoms with Crippen LogP contribution in [0, 0.1) is 27.9 Å². The first-order valence-corrected chi connectivity index (χ1v) is 22.9. The average Bonchev–Trinajstić information content (AvgIpc) is 4.16. The van der Waals surface area contributed by atoms with E-state index in [4.69, 9.17) is 24.2 Å². The normalized spacial score (nSPS) is 23.9. The highest BCUT2D eigenvalue weighted by Gasteiger charge is 2.65. The molecule has 6 atom stereocenters. The smallest absolute Gasteiger partial charge is 0.269 e. The van der Waals surface area contributed by atoms with Crippen molar-refractivity contribution >= 4 is 34.2 Å². The molecule has 13 nitrogen and oxygen atoms in total. The quantitative estimate of drug-likeness (QED) is 0.0196. The third-order valence-corrected chi connectivity index (χ3v) is 13.5. The van der Waals surface area contributed by atoms with Crippen molar-refractivity contribution < 1.29 is 39.0 Å². The number of aliphatic hydroxyl groups excluding tert-OH is 2. The molecule has 0 spiro atoms. The fraction of sp³-hybridized carbons (Fsp3) is 0.423. The molecule has 1 saturated heterocycles. The Labute approximate surface area is 380 Å². The van der Waals surface area contributed by atoms with E-state index in [0.717, 1.165) is 78.5 Å². The highest BCUT2D eigenvalue weighted by atomic mass is 16.7. The molecule has 0 radical (unpaired) electrons. The van der Waals surface area contributed by atoms with E-state index >= 15 is 4.79 Å². The number of fused-ring (bicyclic) bond motifs is 3. The predicted octanol–water partition coefficient (Wildman–Crippen LogP) is 8.45. The number of non-ortho nitro benzene ring substituents is 1. The first kappa shape index (κ1) is 45.7. The van der Waals surface area contributed by atoms with Crippen molar-refractivity contribution in [3.8, 4) is 11.5 Å². The van der Waals surface area contributed by atoms with Gasteiger partial charge in [0.1, 0.15) is 31.3 Å². The minimum Gasteiger partial charge on any atom is -0.492 e. The largest absolute Gasteiger partial charge is 0.492 e. The van der Waals surface area contributed by atoms with Crippen molar-refractivity contribution in [2.75, 3.05) is 53.2 Å². The van der Waals surface area contributed by atoms with Crippen LogP contribution >= 0.6 is 0 Å². The molecular formula is C52H60N4O9. The van der Waals surface area contributed by atoms with Crippen LogP contribution < -0.4 is 9.47 Å². The Balaban J connectivity index is 1.31. The Kier molecular flexibility index (Phi) is 14.7. The van der Waals surface area contributed by atoms with Gasteiger partial charge >= 0.3 is 0 Å². The van der Waals surface area contributed by atoms with Gasteiger partial charge in [-0.05, 0) is 101 Å². The van der Waals surface area contributed by atoms with Gasteiger partial charge in [0.15, 0.2) is 0 Å². The highest BCUT2D eigenvalue weighted by Crippen LogP contribution is 2.62. The predicted molar refractivity (Wildman–Crippen MR) is 251 cm³/mol. The summed E-state index contributed by atoms with van der Waals surface area (Å²) < 4.78 is 21.0. The number of nitrogens with zero attached hydrogens (tertiary/aromatic N) is 4. The van der Waals surface area contributed by atoms with Gasteiger partial charge in [-0.3, -0.25) is 19.8 Å². The first-order valence-electron chi connectivity index (χ1n) is 22.9. The highest BCUT2D eigenvalue weighted by molar-refractivity contribution is 6.03. The Morgan fingerprint density at radius 3 is 2.52 bits per heavy atom. The monoisotopic (exact) mass is 884 g/mol. The number of nitro benzene ring substituents is 1. The number of hydrogen-bond acceptors (Lipinski definition) is 11. The van der Waals surface area contributed by atoms with E-state index < -0.39 is 22.7 Å². The maximum absolute atomic E-state index is 15.3. The van der Waals surface area contributed by atoms with Crippen molar-refractivity contribution in [3.05, 3.63) is 142 Å². The van der Waals surface area contributed by atoms with Gasteiger partial charge in [0.25, 0.3) is 5.69 Å². The molecule has 8 rings (SSSR count). The number of hydrogen-bond donors (Lipinski definition) is 2. The van der Waals surface area contributed by atoms with Crippen LogP contribution in [-0.4, -0.2) is 102 Å². The van der Waals surface area contributed by atoms with Gasteiger partial charge in [-0.2, -0.15) is 0 Å². The van der Waals surface area contributed by atoms with Crippen molar-refractivity contribution in [3.63, 3.8) is 0 Å². The molecule has 1 amide bonds. The number of allylic oxidation sites excluding steroid dienone is 1. The third kappa shape index (κ3) is 10.0. The van der Waals surface area contributed by atoms with Crippen LogP contribution in [-0.2, 0) is 20.9 Å². The summed E-state index contributed by atoms with van der Waals surface area (Å²) in [5, 5.41) is 38.1. The zero-order valence-electron chi connectivity index (χ0n) is 37.1. The molecule has 4 aliphatic rings. The Morgan fingerprint density at radius 1 is 1.02 bits per heavy atom. The van der Waals surface area contributed by atoms with E-state index in [1.165, 1.54) is 25.3 Å². The minimum absolute atomic E-state index is 0.0413. The zero-order chi connectivity index (χ0) is 45.3. The molecule has 4 aromatic carbocycles.